The minimum absolute atomic E-state index is 0.0693. The van der Waals surface area contributed by atoms with E-state index in [2.05, 4.69) is 14.1 Å². The van der Waals surface area contributed by atoms with Gasteiger partial charge in [-0.1, -0.05) is 12.1 Å². The van der Waals surface area contributed by atoms with Gasteiger partial charge in [-0.25, -0.2) is 4.39 Å². The summed E-state index contributed by atoms with van der Waals surface area (Å²) in [6.45, 7) is 2.25. The number of hydrogen-bond acceptors (Lipinski definition) is 5. The standard InChI is InChI=1S/C13H14FN3OS2/c1-9-12(17-20-16-9)7-19-8-13(18)15-6-10-3-2-4-11(14)5-10/h2-5H,6-8H2,1H3,(H,15,18). The molecular formula is C13H14FN3OS2. The van der Waals surface area contributed by atoms with Crippen molar-refractivity contribution in [1.29, 1.82) is 0 Å². The van der Waals surface area contributed by atoms with E-state index in [0.29, 0.717) is 18.1 Å². The van der Waals surface area contributed by atoms with Gasteiger partial charge in [0, 0.05) is 12.3 Å². The molecule has 0 aliphatic carbocycles. The second-order valence-corrected chi connectivity index (χ2v) is 5.71. The lowest BCUT2D eigenvalue weighted by Crippen LogP contribution is -2.24. The van der Waals surface area contributed by atoms with Crippen LogP contribution in [0.15, 0.2) is 24.3 Å². The lowest BCUT2D eigenvalue weighted by Gasteiger charge is -2.05. The molecule has 0 atom stereocenters. The molecule has 0 radical (unpaired) electrons. The van der Waals surface area contributed by atoms with Crippen LogP contribution in [-0.2, 0) is 17.1 Å². The summed E-state index contributed by atoms with van der Waals surface area (Å²) in [6.07, 6.45) is 0. The molecule has 1 aromatic carbocycles. The molecule has 20 heavy (non-hydrogen) atoms. The van der Waals surface area contributed by atoms with Gasteiger partial charge in [0.1, 0.15) is 5.82 Å². The van der Waals surface area contributed by atoms with Crippen molar-refractivity contribution in [2.45, 2.75) is 19.2 Å². The number of carbonyl (C=O) groups excluding carboxylic acids is 1. The van der Waals surface area contributed by atoms with Crippen LogP contribution < -0.4 is 5.32 Å². The highest BCUT2D eigenvalue weighted by Crippen LogP contribution is 2.13. The largest absolute Gasteiger partial charge is 0.351 e. The molecule has 0 aliphatic rings. The van der Waals surface area contributed by atoms with Crippen molar-refractivity contribution in [2.24, 2.45) is 0 Å². The van der Waals surface area contributed by atoms with Gasteiger partial charge in [-0.2, -0.15) is 8.75 Å². The van der Waals surface area contributed by atoms with Gasteiger partial charge < -0.3 is 5.32 Å². The molecule has 0 saturated carbocycles. The Balaban J connectivity index is 1.69. The Morgan fingerprint density at radius 3 is 3.00 bits per heavy atom. The molecule has 1 aromatic heterocycles. The molecule has 7 heteroatoms. The number of thioether (sulfide) groups is 1. The first-order valence-electron chi connectivity index (χ1n) is 6.02. The van der Waals surface area contributed by atoms with Crippen LogP contribution in [0.2, 0.25) is 0 Å². The van der Waals surface area contributed by atoms with E-state index < -0.39 is 0 Å². The minimum Gasteiger partial charge on any atom is -0.351 e. The Hall–Kier alpha value is -1.47. The summed E-state index contributed by atoms with van der Waals surface area (Å²) < 4.78 is 21.2. The lowest BCUT2D eigenvalue weighted by atomic mass is 10.2. The highest BCUT2D eigenvalue weighted by atomic mass is 32.2. The van der Waals surface area contributed by atoms with Crippen molar-refractivity contribution in [3.63, 3.8) is 0 Å². The molecule has 0 spiro atoms. The summed E-state index contributed by atoms with van der Waals surface area (Å²) in [5.41, 5.74) is 2.60. The molecule has 1 N–H and O–H groups in total. The fourth-order valence-electron chi connectivity index (χ4n) is 1.52. The number of halogens is 1. The smallest absolute Gasteiger partial charge is 0.230 e. The quantitative estimate of drug-likeness (QED) is 0.891. The zero-order valence-corrected chi connectivity index (χ0v) is 12.6. The zero-order chi connectivity index (χ0) is 14.4. The molecule has 0 saturated heterocycles. The van der Waals surface area contributed by atoms with E-state index >= 15 is 0 Å². The van der Waals surface area contributed by atoms with Gasteiger partial charge >= 0.3 is 0 Å². The average molecular weight is 311 g/mol. The van der Waals surface area contributed by atoms with Gasteiger partial charge in [-0.15, -0.1) is 11.8 Å². The number of hydrogen-bond donors (Lipinski definition) is 1. The minimum atomic E-state index is -0.294. The molecular weight excluding hydrogens is 297 g/mol. The third-order valence-electron chi connectivity index (χ3n) is 2.60. The maximum atomic E-state index is 13.0. The average Bonchev–Trinajstić information content (AvgIpc) is 2.82. The van der Waals surface area contributed by atoms with E-state index in [1.165, 1.54) is 35.6 Å². The number of nitrogens with one attached hydrogen (secondary N) is 1. The predicted octanol–water partition coefficient (Wildman–Crippen LogP) is 2.54. The number of rotatable bonds is 6. The monoisotopic (exact) mass is 311 g/mol. The summed E-state index contributed by atoms with van der Waals surface area (Å²) in [6, 6.07) is 6.20. The van der Waals surface area contributed by atoms with Gasteiger partial charge in [-0.05, 0) is 24.6 Å². The number of carbonyl (C=O) groups is 1. The topological polar surface area (TPSA) is 54.9 Å². The number of aryl methyl sites for hydroxylation is 1. The Labute approximate surface area is 125 Å². The highest BCUT2D eigenvalue weighted by Gasteiger charge is 2.06. The lowest BCUT2D eigenvalue weighted by molar-refractivity contribution is -0.118. The van der Waals surface area contributed by atoms with Gasteiger partial charge in [0.05, 0.1) is 28.9 Å². The van der Waals surface area contributed by atoms with Crippen molar-refractivity contribution in [2.75, 3.05) is 5.75 Å². The van der Waals surface area contributed by atoms with Crippen LogP contribution in [0.25, 0.3) is 0 Å². The fraction of sp³-hybridized carbons (Fsp3) is 0.308. The van der Waals surface area contributed by atoms with Crippen molar-refractivity contribution in [1.82, 2.24) is 14.1 Å². The molecule has 0 unspecified atom stereocenters. The molecule has 1 amide bonds. The van der Waals surface area contributed by atoms with E-state index in [4.69, 9.17) is 0 Å². The summed E-state index contributed by atoms with van der Waals surface area (Å²) in [7, 11) is 0. The number of amides is 1. The third-order valence-corrected chi connectivity index (χ3v) is 4.20. The molecule has 2 aromatic rings. The predicted molar refractivity (Wildman–Crippen MR) is 79.1 cm³/mol. The second-order valence-electron chi connectivity index (χ2n) is 4.20. The molecule has 4 nitrogen and oxygen atoms in total. The number of aromatic nitrogens is 2. The van der Waals surface area contributed by atoms with Crippen LogP contribution in [0, 0.1) is 12.7 Å². The van der Waals surface area contributed by atoms with Gasteiger partial charge in [0.25, 0.3) is 0 Å². The Morgan fingerprint density at radius 2 is 2.30 bits per heavy atom. The van der Waals surface area contributed by atoms with Crippen LogP contribution in [0.1, 0.15) is 17.0 Å². The van der Waals surface area contributed by atoms with Crippen LogP contribution in [0.5, 0.6) is 0 Å². The molecule has 0 bridgehead atoms. The molecule has 2 rings (SSSR count). The zero-order valence-electron chi connectivity index (χ0n) is 10.9. The molecule has 106 valence electrons. The van der Waals surface area contributed by atoms with Gasteiger partial charge in [0.15, 0.2) is 0 Å². The van der Waals surface area contributed by atoms with E-state index in [9.17, 15) is 9.18 Å². The van der Waals surface area contributed by atoms with Crippen molar-refractivity contribution < 1.29 is 9.18 Å². The maximum absolute atomic E-state index is 13.0. The normalized spacial score (nSPS) is 10.5. The van der Waals surface area contributed by atoms with E-state index in [1.54, 1.807) is 12.1 Å². The van der Waals surface area contributed by atoms with Gasteiger partial charge in [-0.3, -0.25) is 4.79 Å². The first kappa shape index (κ1) is 14.9. The highest BCUT2D eigenvalue weighted by molar-refractivity contribution is 7.99. The maximum Gasteiger partial charge on any atom is 0.230 e. The van der Waals surface area contributed by atoms with Gasteiger partial charge in [0.2, 0.25) is 5.91 Å². The number of benzene rings is 1. The molecule has 1 heterocycles. The summed E-state index contributed by atoms with van der Waals surface area (Å²) in [4.78, 5) is 11.7. The Kier molecular flexibility index (Phi) is 5.49. The van der Waals surface area contributed by atoms with Crippen LogP contribution >= 0.6 is 23.5 Å². The summed E-state index contributed by atoms with van der Waals surface area (Å²) >= 11 is 2.67. The van der Waals surface area contributed by atoms with Crippen molar-refractivity contribution in [3.05, 3.63) is 47.0 Å². The van der Waals surface area contributed by atoms with Crippen LogP contribution in [-0.4, -0.2) is 20.4 Å². The van der Waals surface area contributed by atoms with E-state index in [-0.39, 0.29) is 11.7 Å². The fourth-order valence-corrected chi connectivity index (χ4v) is 3.02. The van der Waals surface area contributed by atoms with E-state index in [0.717, 1.165) is 17.0 Å². The number of nitrogens with zero attached hydrogens (tertiary/aromatic N) is 2. The Bertz CT molecular complexity index is 589. The second kappa shape index (κ2) is 7.35. The first-order chi connectivity index (χ1) is 9.65. The third kappa shape index (κ3) is 4.57. The molecule has 0 fully saturated rings. The van der Waals surface area contributed by atoms with Crippen molar-refractivity contribution >= 4 is 29.4 Å². The van der Waals surface area contributed by atoms with Crippen LogP contribution in [0.3, 0.4) is 0 Å². The SMILES string of the molecule is Cc1nsnc1CSCC(=O)NCc1cccc(F)c1. The van der Waals surface area contributed by atoms with Crippen molar-refractivity contribution in [3.8, 4) is 0 Å². The molecule has 0 aliphatic heterocycles. The summed E-state index contributed by atoms with van der Waals surface area (Å²) in [5, 5.41) is 2.76. The first-order valence-corrected chi connectivity index (χ1v) is 7.90. The van der Waals surface area contributed by atoms with E-state index in [1.807, 2.05) is 6.92 Å². The Morgan fingerprint density at radius 1 is 1.45 bits per heavy atom. The summed E-state index contributed by atoms with van der Waals surface area (Å²) in [5.74, 6) is 0.667. The van der Waals surface area contributed by atoms with Crippen LogP contribution in [0.4, 0.5) is 4.39 Å².